The molecule has 0 saturated carbocycles. The van der Waals surface area contributed by atoms with Gasteiger partial charge in [0.15, 0.2) is 0 Å². The molecule has 4 nitrogen and oxygen atoms in total. The second kappa shape index (κ2) is 10.2. The van der Waals surface area contributed by atoms with Crippen LogP contribution in [0, 0.1) is 0 Å². The Kier molecular flexibility index (Phi) is 8.24. The van der Waals surface area contributed by atoms with Crippen molar-refractivity contribution in [3.05, 3.63) is 59.7 Å². The maximum Gasteiger partial charge on any atom is 0.131 e. The number of benzene rings is 2. The third-order valence-corrected chi connectivity index (χ3v) is 4.84. The summed E-state index contributed by atoms with van der Waals surface area (Å²) in [7, 11) is 0. The van der Waals surface area contributed by atoms with E-state index in [1.54, 1.807) is 0 Å². The number of aliphatic hydroxyl groups is 2. The third-order valence-electron chi connectivity index (χ3n) is 4.40. The Bertz CT molecular complexity index is 623. The monoisotopic (exact) mass is 412 g/mol. The van der Waals surface area contributed by atoms with Crippen molar-refractivity contribution in [2.75, 3.05) is 13.2 Å². The van der Waals surface area contributed by atoms with E-state index in [0.717, 1.165) is 22.6 Å². The van der Waals surface area contributed by atoms with Crippen LogP contribution in [0.2, 0.25) is 0 Å². The molecule has 148 valence electrons. The highest BCUT2D eigenvalue weighted by Gasteiger charge is 2.23. The first-order valence-corrected chi connectivity index (χ1v) is 9.77. The minimum absolute atomic E-state index is 0.185. The van der Waals surface area contributed by atoms with Crippen LogP contribution in [-0.2, 0) is 5.41 Å². The summed E-state index contributed by atoms with van der Waals surface area (Å²) in [6, 6.07) is 15.9. The summed E-state index contributed by atoms with van der Waals surface area (Å²) in [4.78, 5) is 0. The van der Waals surface area contributed by atoms with E-state index in [0.29, 0.717) is 26.1 Å². The van der Waals surface area contributed by atoms with E-state index < -0.39 is 11.1 Å². The fraction of sp³-hybridized carbons (Fsp3) is 0.429. The molecule has 2 atom stereocenters. The van der Waals surface area contributed by atoms with Crippen molar-refractivity contribution < 1.29 is 19.7 Å². The molecule has 2 aromatic carbocycles. The number of alkyl halides is 2. The lowest BCUT2D eigenvalue weighted by molar-refractivity contribution is 0.203. The van der Waals surface area contributed by atoms with Gasteiger partial charge in [-0.25, -0.2) is 0 Å². The van der Waals surface area contributed by atoms with E-state index in [9.17, 15) is 0 Å². The van der Waals surface area contributed by atoms with Crippen LogP contribution < -0.4 is 9.47 Å². The lowest BCUT2D eigenvalue weighted by Gasteiger charge is -2.26. The zero-order valence-electron chi connectivity index (χ0n) is 15.6. The van der Waals surface area contributed by atoms with Crippen molar-refractivity contribution in [1.82, 2.24) is 0 Å². The molecule has 0 aliphatic rings. The number of hydrogen-bond acceptors (Lipinski definition) is 4. The fourth-order valence-electron chi connectivity index (χ4n) is 2.65. The first-order valence-electron chi connectivity index (χ1n) is 8.90. The maximum atomic E-state index is 9.06. The van der Waals surface area contributed by atoms with Crippen LogP contribution in [-0.4, -0.2) is 34.6 Å². The third kappa shape index (κ3) is 6.89. The van der Waals surface area contributed by atoms with Crippen molar-refractivity contribution in [2.24, 2.45) is 0 Å². The fourth-order valence-corrected chi connectivity index (χ4v) is 2.83. The van der Waals surface area contributed by atoms with Crippen LogP contribution in [0.5, 0.6) is 11.5 Å². The molecule has 0 fully saturated rings. The highest BCUT2D eigenvalue weighted by Crippen LogP contribution is 2.33. The van der Waals surface area contributed by atoms with Crippen molar-refractivity contribution in [3.63, 3.8) is 0 Å². The molecule has 0 bridgehead atoms. The lowest BCUT2D eigenvalue weighted by atomic mass is 9.78. The summed E-state index contributed by atoms with van der Waals surface area (Å²) in [6.07, 6.45) is 0.764. The molecule has 2 aromatic rings. The number of rotatable bonds is 10. The highest BCUT2D eigenvalue weighted by molar-refractivity contribution is 6.19. The van der Waals surface area contributed by atoms with Crippen LogP contribution in [0.15, 0.2) is 48.5 Å². The average molecular weight is 413 g/mol. The molecule has 0 saturated heterocycles. The number of aliphatic hydroxyl groups excluding tert-OH is 2. The summed E-state index contributed by atoms with van der Waals surface area (Å²) in [6.45, 7) is 5.06. The summed E-state index contributed by atoms with van der Waals surface area (Å²) >= 11 is 11.0. The molecule has 2 N–H and O–H groups in total. The summed E-state index contributed by atoms with van der Waals surface area (Å²) in [5, 5.41) is 18.1. The normalized spacial score (nSPS) is 13.9. The van der Waals surface area contributed by atoms with Crippen molar-refractivity contribution in [2.45, 2.75) is 43.2 Å². The molecule has 0 heterocycles. The molecule has 0 aliphatic heterocycles. The minimum atomic E-state index is -0.879. The number of hydrogen-bond donors (Lipinski definition) is 2. The van der Waals surface area contributed by atoms with Crippen LogP contribution >= 0.6 is 23.2 Å². The predicted molar refractivity (Wildman–Crippen MR) is 109 cm³/mol. The van der Waals surface area contributed by atoms with E-state index in [2.05, 4.69) is 13.8 Å². The summed E-state index contributed by atoms with van der Waals surface area (Å²) < 4.78 is 11.1. The van der Waals surface area contributed by atoms with E-state index in [4.69, 9.17) is 42.9 Å². The molecular formula is C21H26Cl2O4. The second-order valence-electron chi connectivity index (χ2n) is 6.82. The van der Waals surface area contributed by atoms with Crippen LogP contribution in [0.3, 0.4) is 0 Å². The van der Waals surface area contributed by atoms with Gasteiger partial charge in [0.05, 0.1) is 13.2 Å². The standard InChI is InChI=1S/C21H26Cl2O4/c1-21(2,15-3-7-17(8-4-15)26-13-11-19(22)24)16-5-9-18(10-6-16)27-14-12-20(23)25/h3-10,19-20,24-25H,11-14H2,1-2H3/t19-,20+. The molecule has 27 heavy (non-hydrogen) atoms. The van der Waals surface area contributed by atoms with E-state index >= 15 is 0 Å². The zero-order chi connectivity index (χ0) is 19.9. The molecule has 6 heteroatoms. The Balaban J connectivity index is 2.00. The highest BCUT2D eigenvalue weighted by atomic mass is 35.5. The van der Waals surface area contributed by atoms with Gasteiger partial charge in [-0.15, -0.1) is 0 Å². The molecule has 2 rings (SSSR count). The van der Waals surface area contributed by atoms with Crippen LogP contribution in [0.4, 0.5) is 0 Å². The Morgan fingerprint density at radius 1 is 0.741 bits per heavy atom. The zero-order valence-corrected chi connectivity index (χ0v) is 17.1. The topological polar surface area (TPSA) is 58.9 Å². The van der Waals surface area contributed by atoms with Gasteiger partial charge in [0.2, 0.25) is 0 Å². The minimum Gasteiger partial charge on any atom is -0.493 e. The second-order valence-corrected chi connectivity index (χ2v) is 7.82. The SMILES string of the molecule is CC(C)(c1ccc(OCC[C@H](O)Cl)cc1)c1ccc(OCC[C@@H](O)Cl)cc1. The van der Waals surface area contributed by atoms with Crippen LogP contribution in [0.25, 0.3) is 0 Å². The Morgan fingerprint density at radius 2 is 1.07 bits per heavy atom. The number of halogens is 2. The lowest BCUT2D eigenvalue weighted by Crippen LogP contribution is -2.18. The quantitative estimate of drug-likeness (QED) is 0.556. The molecular weight excluding hydrogens is 387 g/mol. The predicted octanol–water partition coefficient (Wildman–Crippen LogP) is 4.66. The average Bonchev–Trinajstić information content (AvgIpc) is 2.62. The molecule has 0 unspecified atom stereocenters. The molecule has 0 radical (unpaired) electrons. The van der Waals surface area contributed by atoms with E-state index in [1.807, 2.05) is 48.5 Å². The first-order chi connectivity index (χ1) is 12.8. The molecule has 0 aromatic heterocycles. The Labute approximate surface area is 170 Å². The Morgan fingerprint density at radius 3 is 1.37 bits per heavy atom. The van der Waals surface area contributed by atoms with Crippen molar-refractivity contribution in [3.8, 4) is 11.5 Å². The maximum absolute atomic E-state index is 9.06. The number of ether oxygens (including phenoxy) is 2. The van der Waals surface area contributed by atoms with Gasteiger partial charge in [-0.05, 0) is 35.4 Å². The van der Waals surface area contributed by atoms with Gasteiger partial charge < -0.3 is 19.7 Å². The van der Waals surface area contributed by atoms with Gasteiger partial charge in [0.1, 0.15) is 22.6 Å². The van der Waals surface area contributed by atoms with Crippen molar-refractivity contribution >= 4 is 23.2 Å². The van der Waals surface area contributed by atoms with E-state index in [1.165, 1.54) is 0 Å². The smallest absolute Gasteiger partial charge is 0.131 e. The van der Waals surface area contributed by atoms with E-state index in [-0.39, 0.29) is 5.41 Å². The van der Waals surface area contributed by atoms with Gasteiger partial charge in [-0.1, -0.05) is 61.3 Å². The summed E-state index contributed by atoms with van der Waals surface area (Å²) in [5.74, 6) is 1.49. The van der Waals surface area contributed by atoms with Gasteiger partial charge in [-0.2, -0.15) is 0 Å². The van der Waals surface area contributed by atoms with Crippen molar-refractivity contribution in [1.29, 1.82) is 0 Å². The largest absolute Gasteiger partial charge is 0.493 e. The first kappa shape index (κ1) is 21.8. The van der Waals surface area contributed by atoms with Gasteiger partial charge in [0, 0.05) is 18.3 Å². The molecule has 0 spiro atoms. The molecule has 0 aliphatic carbocycles. The van der Waals surface area contributed by atoms with Gasteiger partial charge in [-0.3, -0.25) is 0 Å². The van der Waals surface area contributed by atoms with Gasteiger partial charge in [0.25, 0.3) is 0 Å². The Hall–Kier alpha value is -1.46. The van der Waals surface area contributed by atoms with Gasteiger partial charge >= 0.3 is 0 Å². The van der Waals surface area contributed by atoms with Crippen LogP contribution in [0.1, 0.15) is 37.8 Å². The summed E-state index contributed by atoms with van der Waals surface area (Å²) in [5.41, 5.74) is 0.373. The molecule has 0 amide bonds.